The van der Waals surface area contributed by atoms with Crippen LogP contribution >= 0.6 is 0 Å². The number of aliphatic hydroxyl groups is 1. The van der Waals surface area contributed by atoms with E-state index in [1.807, 2.05) is 23.1 Å². The van der Waals surface area contributed by atoms with Gasteiger partial charge in [-0.2, -0.15) is 0 Å². The molecule has 194 valence electrons. The van der Waals surface area contributed by atoms with Crippen molar-refractivity contribution in [2.75, 3.05) is 34.1 Å². The average Bonchev–Trinajstić information content (AvgIpc) is 3.52. The molecule has 1 fully saturated rings. The Bertz CT molecular complexity index is 1380. The maximum atomic E-state index is 13.7. The van der Waals surface area contributed by atoms with Crippen LogP contribution < -0.4 is 9.47 Å². The third kappa shape index (κ3) is 3.76. The maximum absolute atomic E-state index is 13.7. The minimum Gasteiger partial charge on any atom is -0.454 e. The number of benzene rings is 2. The molecule has 1 saturated heterocycles. The maximum Gasteiger partial charge on any atom is 0.248 e. The molecule has 0 unspecified atom stereocenters. The monoisotopic (exact) mass is 505 g/mol. The van der Waals surface area contributed by atoms with Crippen LogP contribution in [-0.2, 0) is 20.7 Å². The van der Waals surface area contributed by atoms with E-state index in [1.165, 1.54) is 12.7 Å². The van der Waals surface area contributed by atoms with Crippen LogP contribution in [0, 0.1) is 5.92 Å². The van der Waals surface area contributed by atoms with E-state index >= 15 is 0 Å². The highest BCUT2D eigenvalue weighted by Gasteiger charge is 2.49. The van der Waals surface area contributed by atoms with Gasteiger partial charge in [0.2, 0.25) is 18.6 Å². The number of likely N-dealkylation sites (N-methyl/N-ethyl adjacent to an activating group) is 1. The number of aliphatic hydroxyl groups excluding tert-OH is 1. The summed E-state index contributed by atoms with van der Waals surface area (Å²) in [6.07, 6.45) is 0.377. The van der Waals surface area contributed by atoms with Crippen molar-refractivity contribution in [3.8, 4) is 22.6 Å². The van der Waals surface area contributed by atoms with E-state index in [2.05, 4.69) is 23.2 Å². The number of ether oxygens (including phenoxy) is 3. The molecule has 1 aromatic heterocycles. The number of methoxy groups -OCH3 is 1. The summed E-state index contributed by atoms with van der Waals surface area (Å²) in [5.41, 5.74) is 5.28. The number of aromatic nitrogens is 1. The van der Waals surface area contributed by atoms with Crippen molar-refractivity contribution in [3.63, 3.8) is 0 Å². The Morgan fingerprint density at radius 1 is 1.27 bits per heavy atom. The first-order valence-electron chi connectivity index (χ1n) is 12.7. The van der Waals surface area contributed by atoms with E-state index < -0.39 is 18.1 Å². The summed E-state index contributed by atoms with van der Waals surface area (Å²) in [7, 11) is 3.16. The quantitative estimate of drug-likeness (QED) is 0.553. The molecule has 3 aromatic rings. The number of hydrogen-bond acceptors (Lipinski definition) is 6. The zero-order valence-electron chi connectivity index (χ0n) is 21.2. The number of hydrogen-bond donors (Lipinski definition) is 2. The Balaban J connectivity index is 1.42. The third-order valence-electron chi connectivity index (χ3n) is 8.10. The molecule has 0 radical (unpaired) electrons. The highest BCUT2D eigenvalue weighted by Crippen LogP contribution is 2.45. The highest BCUT2D eigenvalue weighted by molar-refractivity contribution is 5.98. The number of aromatic amines is 1. The van der Waals surface area contributed by atoms with E-state index in [4.69, 9.17) is 14.2 Å². The molecule has 9 nitrogen and oxygen atoms in total. The van der Waals surface area contributed by atoms with Crippen molar-refractivity contribution in [2.24, 2.45) is 5.92 Å². The molecule has 6 rings (SSSR count). The van der Waals surface area contributed by atoms with Gasteiger partial charge >= 0.3 is 0 Å². The minimum atomic E-state index is -0.877. The fourth-order valence-electron chi connectivity index (χ4n) is 6.27. The van der Waals surface area contributed by atoms with Crippen molar-refractivity contribution < 1.29 is 28.9 Å². The zero-order valence-corrected chi connectivity index (χ0v) is 21.2. The molecular formula is C28H31N3O6. The lowest BCUT2D eigenvalue weighted by Gasteiger charge is -2.48. The number of nitrogens with one attached hydrogen (secondary N) is 1. The summed E-state index contributed by atoms with van der Waals surface area (Å²) in [6.45, 7) is 2.35. The minimum absolute atomic E-state index is 0.0708. The lowest BCUT2D eigenvalue weighted by atomic mass is 9.79. The Kier molecular flexibility index (Phi) is 5.84. The van der Waals surface area contributed by atoms with Crippen LogP contribution in [0.25, 0.3) is 22.0 Å². The van der Waals surface area contributed by atoms with Crippen molar-refractivity contribution in [1.82, 2.24) is 14.8 Å². The lowest BCUT2D eigenvalue weighted by molar-refractivity contribution is -0.156. The highest BCUT2D eigenvalue weighted by atomic mass is 16.7. The van der Waals surface area contributed by atoms with Gasteiger partial charge in [-0.3, -0.25) is 9.59 Å². The van der Waals surface area contributed by atoms with Crippen molar-refractivity contribution in [2.45, 2.75) is 38.0 Å². The molecule has 4 heterocycles. The number of rotatable bonds is 5. The SMILES string of the molecule is COCC(=O)N(C)[C@H]1C[C@H]2c3[nH]c4c(-c5ccc6c(c5)OCO6)cccc4c3CCN2C(=O)[C@H]1[C@H](C)O. The van der Waals surface area contributed by atoms with Gasteiger partial charge in [0.1, 0.15) is 6.61 Å². The molecule has 2 aromatic carbocycles. The first-order valence-corrected chi connectivity index (χ1v) is 12.7. The summed E-state index contributed by atoms with van der Waals surface area (Å²) in [4.78, 5) is 33.5. The van der Waals surface area contributed by atoms with E-state index in [-0.39, 0.29) is 31.3 Å². The first-order chi connectivity index (χ1) is 17.9. The number of H-pyrrole nitrogens is 1. The molecule has 37 heavy (non-hydrogen) atoms. The molecular weight excluding hydrogens is 474 g/mol. The lowest BCUT2D eigenvalue weighted by Crippen LogP contribution is -2.60. The summed E-state index contributed by atoms with van der Waals surface area (Å²) < 4.78 is 16.1. The van der Waals surface area contributed by atoms with Gasteiger partial charge in [-0.15, -0.1) is 0 Å². The van der Waals surface area contributed by atoms with Crippen molar-refractivity contribution in [1.29, 1.82) is 0 Å². The normalized spacial score (nSPS) is 23.1. The van der Waals surface area contributed by atoms with Crippen LogP contribution in [0.15, 0.2) is 36.4 Å². The van der Waals surface area contributed by atoms with Gasteiger partial charge in [0, 0.05) is 43.4 Å². The predicted octanol–water partition coefficient (Wildman–Crippen LogP) is 2.86. The molecule has 2 N–H and O–H groups in total. The largest absolute Gasteiger partial charge is 0.454 e. The van der Waals surface area contributed by atoms with Crippen molar-refractivity contribution >= 4 is 22.7 Å². The van der Waals surface area contributed by atoms with Gasteiger partial charge in [0.15, 0.2) is 11.5 Å². The Morgan fingerprint density at radius 2 is 2.08 bits per heavy atom. The van der Waals surface area contributed by atoms with E-state index in [0.29, 0.717) is 13.0 Å². The topological polar surface area (TPSA) is 104 Å². The molecule has 2 amide bonds. The summed E-state index contributed by atoms with van der Waals surface area (Å²) in [5, 5.41) is 11.7. The number of para-hydroxylation sites is 1. The summed E-state index contributed by atoms with van der Waals surface area (Å²) in [5.74, 6) is 0.456. The molecule has 0 spiro atoms. The molecule has 0 bridgehead atoms. The number of amides is 2. The molecule has 0 aliphatic carbocycles. The van der Waals surface area contributed by atoms with E-state index in [9.17, 15) is 14.7 Å². The number of carbonyl (C=O) groups excluding carboxylic acids is 2. The van der Waals surface area contributed by atoms with Crippen LogP contribution in [0.1, 0.15) is 30.6 Å². The molecule has 4 atom stereocenters. The van der Waals surface area contributed by atoms with Crippen LogP contribution in [0.5, 0.6) is 11.5 Å². The number of fused-ring (bicyclic) bond motifs is 6. The fourth-order valence-corrected chi connectivity index (χ4v) is 6.27. The fraction of sp³-hybridized carbons (Fsp3) is 0.429. The molecule has 0 saturated carbocycles. The smallest absolute Gasteiger partial charge is 0.248 e. The average molecular weight is 506 g/mol. The molecule has 3 aliphatic rings. The number of carbonyl (C=O) groups is 2. The van der Waals surface area contributed by atoms with Gasteiger partial charge < -0.3 is 34.1 Å². The Morgan fingerprint density at radius 3 is 2.86 bits per heavy atom. The molecule has 9 heteroatoms. The summed E-state index contributed by atoms with van der Waals surface area (Å²) >= 11 is 0. The number of piperidine rings is 1. The van der Waals surface area contributed by atoms with E-state index in [0.717, 1.165) is 45.6 Å². The number of nitrogens with zero attached hydrogens (tertiary/aromatic N) is 2. The van der Waals surface area contributed by atoms with Crippen LogP contribution in [0.2, 0.25) is 0 Å². The first kappa shape index (κ1) is 23.8. The van der Waals surface area contributed by atoms with Gasteiger partial charge in [0.05, 0.1) is 23.6 Å². The third-order valence-corrected chi connectivity index (χ3v) is 8.10. The van der Waals surface area contributed by atoms with Gasteiger partial charge in [-0.25, -0.2) is 0 Å². The zero-order chi connectivity index (χ0) is 25.8. The second kappa shape index (κ2) is 9.08. The van der Waals surface area contributed by atoms with Crippen LogP contribution in [0.4, 0.5) is 0 Å². The second-order valence-corrected chi connectivity index (χ2v) is 10.1. The van der Waals surface area contributed by atoms with E-state index in [1.54, 1.807) is 18.9 Å². The molecule has 3 aliphatic heterocycles. The standard InChI is InChI=1S/C28H31N3O6/c1-15(32)25-20(30(2)24(33)13-35-3)12-21-27-19(9-10-31(21)28(25)34)18-6-4-5-17(26(18)29-27)16-7-8-22-23(11-16)37-14-36-22/h4-8,11,15,20-21,25,29,32H,9-10,12-14H2,1-3H3/t15-,20-,21-,25-/m0/s1. The van der Waals surface area contributed by atoms with Crippen molar-refractivity contribution in [3.05, 3.63) is 47.7 Å². The van der Waals surface area contributed by atoms with Crippen LogP contribution in [0.3, 0.4) is 0 Å². The van der Waals surface area contributed by atoms with Gasteiger partial charge in [-0.1, -0.05) is 24.3 Å². The predicted molar refractivity (Wildman–Crippen MR) is 136 cm³/mol. The van der Waals surface area contributed by atoms with Crippen LogP contribution in [-0.4, -0.2) is 78.0 Å². The Labute approximate surface area is 214 Å². The Hall–Kier alpha value is -3.56. The summed E-state index contributed by atoms with van der Waals surface area (Å²) in [6, 6.07) is 11.5. The van der Waals surface area contributed by atoms with Gasteiger partial charge in [0.25, 0.3) is 0 Å². The second-order valence-electron chi connectivity index (χ2n) is 10.1. The van der Waals surface area contributed by atoms with Gasteiger partial charge in [-0.05, 0) is 43.0 Å².